The minimum Gasteiger partial charge on any atom is -0.503 e. The van der Waals surface area contributed by atoms with Crippen molar-refractivity contribution in [3.05, 3.63) is 28.2 Å². The van der Waals surface area contributed by atoms with Crippen molar-refractivity contribution in [2.75, 3.05) is 20.3 Å². The van der Waals surface area contributed by atoms with E-state index in [9.17, 15) is 14.7 Å². The van der Waals surface area contributed by atoms with Gasteiger partial charge in [-0.3, -0.25) is 4.79 Å². The van der Waals surface area contributed by atoms with Crippen LogP contribution in [0.5, 0.6) is 11.5 Å². The fourth-order valence-electron chi connectivity index (χ4n) is 1.65. The molecule has 0 aliphatic rings. The molecule has 0 saturated carbocycles. The largest absolute Gasteiger partial charge is 0.503 e. The number of methoxy groups -OCH3 is 1. The summed E-state index contributed by atoms with van der Waals surface area (Å²) in [5.74, 6) is -0.688. The molecule has 0 atom stereocenters. The molecule has 1 aromatic rings. The van der Waals surface area contributed by atoms with E-state index in [1.54, 1.807) is 12.1 Å². The van der Waals surface area contributed by atoms with E-state index in [1.807, 2.05) is 6.92 Å². The second kappa shape index (κ2) is 9.89. The Bertz CT molecular complexity index is 586. The first-order valence-electron chi connectivity index (χ1n) is 7.16. The molecule has 0 spiro atoms. The Hall–Kier alpha value is -2.02. The van der Waals surface area contributed by atoms with Crippen molar-refractivity contribution >= 4 is 33.9 Å². The first-order chi connectivity index (χ1) is 11.0. The van der Waals surface area contributed by atoms with Crippen LogP contribution in [0.2, 0.25) is 0 Å². The van der Waals surface area contributed by atoms with Gasteiger partial charge in [0, 0.05) is 12.6 Å². The topological polar surface area (TPSA) is 84.9 Å². The number of hydrogen-bond acceptors (Lipinski definition) is 5. The lowest BCUT2D eigenvalue weighted by Crippen LogP contribution is -2.29. The molecular weight excluding hydrogens is 366 g/mol. The number of phenolic OH excluding ortho intramolecular Hbond substituents is 1. The van der Waals surface area contributed by atoms with Crippen LogP contribution in [0.25, 0.3) is 6.08 Å². The van der Waals surface area contributed by atoms with Crippen molar-refractivity contribution in [2.24, 2.45) is 0 Å². The summed E-state index contributed by atoms with van der Waals surface area (Å²) in [6.45, 7) is 2.28. The zero-order valence-corrected chi connectivity index (χ0v) is 14.7. The van der Waals surface area contributed by atoms with Crippen LogP contribution in [0.15, 0.2) is 22.7 Å². The van der Waals surface area contributed by atoms with Gasteiger partial charge in [0.2, 0.25) is 0 Å². The van der Waals surface area contributed by atoms with E-state index in [-0.39, 0.29) is 24.0 Å². The number of ether oxygens (including phenoxy) is 2. The average Bonchev–Trinajstić information content (AvgIpc) is 2.54. The van der Waals surface area contributed by atoms with E-state index in [2.05, 4.69) is 21.2 Å². The van der Waals surface area contributed by atoms with Crippen LogP contribution < -0.4 is 10.1 Å². The maximum absolute atomic E-state index is 11.6. The Morgan fingerprint density at radius 1 is 1.39 bits per heavy atom. The highest BCUT2D eigenvalue weighted by molar-refractivity contribution is 9.10. The Morgan fingerprint density at radius 2 is 2.13 bits per heavy atom. The van der Waals surface area contributed by atoms with Gasteiger partial charge in [-0.15, -0.1) is 0 Å². The molecule has 0 aromatic heterocycles. The molecule has 0 saturated heterocycles. The number of esters is 1. The summed E-state index contributed by atoms with van der Waals surface area (Å²) in [6.07, 6.45) is 4.58. The Morgan fingerprint density at radius 3 is 2.78 bits per heavy atom. The molecule has 0 aliphatic heterocycles. The first-order valence-corrected chi connectivity index (χ1v) is 7.95. The molecule has 0 unspecified atom stereocenters. The number of rotatable bonds is 8. The molecule has 1 amide bonds. The number of halogens is 1. The molecule has 0 heterocycles. The number of carbonyl (C=O) groups excluding carboxylic acids is 2. The molecule has 2 N–H and O–H groups in total. The minimum atomic E-state index is -0.626. The normalized spacial score (nSPS) is 10.6. The van der Waals surface area contributed by atoms with Gasteiger partial charge in [0.05, 0.1) is 11.6 Å². The van der Waals surface area contributed by atoms with E-state index in [0.29, 0.717) is 16.6 Å². The van der Waals surface area contributed by atoms with E-state index < -0.39 is 5.97 Å². The van der Waals surface area contributed by atoms with E-state index in [1.165, 1.54) is 19.3 Å². The lowest BCUT2D eigenvalue weighted by atomic mass is 10.2. The molecule has 1 aromatic carbocycles. The third kappa shape index (κ3) is 6.73. The number of nitrogens with one attached hydrogen (secondary N) is 1. The predicted molar refractivity (Wildman–Crippen MR) is 90.3 cm³/mol. The summed E-state index contributed by atoms with van der Waals surface area (Å²) >= 11 is 3.19. The highest BCUT2D eigenvalue weighted by atomic mass is 79.9. The smallest absolute Gasteiger partial charge is 0.331 e. The summed E-state index contributed by atoms with van der Waals surface area (Å²) in [4.78, 5) is 23.0. The van der Waals surface area contributed by atoms with Crippen LogP contribution in [0.4, 0.5) is 0 Å². The van der Waals surface area contributed by atoms with Gasteiger partial charge in [-0.25, -0.2) is 4.79 Å². The summed E-state index contributed by atoms with van der Waals surface area (Å²) in [6, 6.07) is 3.19. The number of benzene rings is 1. The molecular formula is C16H20BrNO5. The molecule has 6 nitrogen and oxygen atoms in total. The van der Waals surface area contributed by atoms with Gasteiger partial charge in [-0.2, -0.15) is 0 Å². The highest BCUT2D eigenvalue weighted by Gasteiger charge is 2.08. The van der Waals surface area contributed by atoms with Crippen LogP contribution in [-0.4, -0.2) is 37.2 Å². The highest BCUT2D eigenvalue weighted by Crippen LogP contribution is 2.35. The van der Waals surface area contributed by atoms with Crippen LogP contribution in [-0.2, 0) is 14.3 Å². The second-order valence-electron chi connectivity index (χ2n) is 4.70. The summed E-state index contributed by atoms with van der Waals surface area (Å²) < 4.78 is 10.3. The monoisotopic (exact) mass is 385 g/mol. The third-order valence-corrected chi connectivity index (χ3v) is 3.49. The van der Waals surface area contributed by atoms with Crippen LogP contribution >= 0.6 is 15.9 Å². The maximum Gasteiger partial charge on any atom is 0.331 e. The predicted octanol–water partition coefficient (Wildman–Crippen LogP) is 2.64. The SMILES string of the molecule is CCCCNC(=O)COC(=O)/C=C/c1cc(Br)c(O)c(OC)c1. The zero-order valence-electron chi connectivity index (χ0n) is 13.1. The number of hydrogen-bond donors (Lipinski definition) is 2. The van der Waals surface area contributed by atoms with Crippen LogP contribution in [0, 0.1) is 0 Å². The number of carbonyl (C=O) groups is 2. The van der Waals surface area contributed by atoms with Gasteiger partial charge in [0.25, 0.3) is 5.91 Å². The van der Waals surface area contributed by atoms with Crippen molar-refractivity contribution in [3.8, 4) is 11.5 Å². The first kappa shape index (κ1) is 19.0. The van der Waals surface area contributed by atoms with Crippen LogP contribution in [0.3, 0.4) is 0 Å². The van der Waals surface area contributed by atoms with Gasteiger partial charge >= 0.3 is 5.97 Å². The Kier molecular flexibility index (Phi) is 8.18. The third-order valence-electron chi connectivity index (χ3n) is 2.88. The van der Waals surface area contributed by atoms with Crippen LogP contribution in [0.1, 0.15) is 25.3 Å². The number of unbranched alkanes of at least 4 members (excludes halogenated alkanes) is 1. The lowest BCUT2D eigenvalue weighted by Gasteiger charge is -2.06. The van der Waals surface area contributed by atoms with Crippen molar-refractivity contribution < 1.29 is 24.2 Å². The molecule has 0 bridgehead atoms. The summed E-state index contributed by atoms with van der Waals surface area (Å²) in [5, 5.41) is 12.4. The number of phenols is 1. The van der Waals surface area contributed by atoms with Crippen molar-refractivity contribution in [1.29, 1.82) is 0 Å². The molecule has 23 heavy (non-hydrogen) atoms. The van der Waals surface area contributed by atoms with E-state index >= 15 is 0 Å². The van der Waals surface area contributed by atoms with E-state index in [4.69, 9.17) is 9.47 Å². The standard InChI is InChI=1S/C16H20BrNO5/c1-3-4-7-18-14(19)10-23-15(20)6-5-11-8-12(17)16(21)13(9-11)22-2/h5-6,8-9,21H,3-4,7,10H2,1-2H3,(H,18,19)/b6-5+. The molecule has 0 aliphatic carbocycles. The second-order valence-corrected chi connectivity index (χ2v) is 5.55. The van der Waals surface area contributed by atoms with Gasteiger partial charge < -0.3 is 19.9 Å². The van der Waals surface area contributed by atoms with Crippen molar-refractivity contribution in [3.63, 3.8) is 0 Å². The number of amides is 1. The Balaban J connectivity index is 2.52. The maximum atomic E-state index is 11.6. The molecule has 126 valence electrons. The van der Waals surface area contributed by atoms with Gasteiger partial charge in [-0.05, 0) is 46.1 Å². The molecule has 1 rings (SSSR count). The van der Waals surface area contributed by atoms with Crippen molar-refractivity contribution in [1.82, 2.24) is 5.32 Å². The van der Waals surface area contributed by atoms with Gasteiger partial charge in [0.1, 0.15) is 0 Å². The molecule has 0 radical (unpaired) electrons. The van der Waals surface area contributed by atoms with Gasteiger partial charge in [-0.1, -0.05) is 13.3 Å². The summed E-state index contributed by atoms with van der Waals surface area (Å²) in [5.41, 5.74) is 0.635. The molecule has 7 heteroatoms. The minimum absolute atomic E-state index is 0.0176. The summed E-state index contributed by atoms with van der Waals surface area (Å²) in [7, 11) is 1.43. The van der Waals surface area contributed by atoms with Crippen molar-refractivity contribution in [2.45, 2.75) is 19.8 Å². The quantitative estimate of drug-likeness (QED) is 0.408. The fraction of sp³-hybridized carbons (Fsp3) is 0.375. The average molecular weight is 386 g/mol. The number of aromatic hydroxyl groups is 1. The zero-order chi connectivity index (χ0) is 17.2. The lowest BCUT2D eigenvalue weighted by molar-refractivity contribution is -0.143. The molecule has 0 fully saturated rings. The Labute approximate surface area is 143 Å². The fourth-order valence-corrected chi connectivity index (χ4v) is 2.11. The van der Waals surface area contributed by atoms with E-state index in [0.717, 1.165) is 12.8 Å². The van der Waals surface area contributed by atoms with Gasteiger partial charge in [0.15, 0.2) is 18.1 Å².